The van der Waals surface area contributed by atoms with Crippen LogP contribution in [0.2, 0.25) is 0 Å². The Kier molecular flexibility index (Phi) is 5.80. The number of nitrogens with one attached hydrogen (secondary N) is 1. The minimum absolute atomic E-state index is 0. The van der Waals surface area contributed by atoms with E-state index in [1.165, 1.54) is 0 Å². The number of hydrogen-bond donors (Lipinski definition) is 2. The number of fused-ring (bicyclic) bond motifs is 1. The van der Waals surface area contributed by atoms with Gasteiger partial charge < -0.3 is 20.5 Å². The third-order valence-electron chi connectivity index (χ3n) is 4.22. The van der Waals surface area contributed by atoms with E-state index in [1.807, 2.05) is 24.3 Å². The second-order valence-corrected chi connectivity index (χ2v) is 6.51. The van der Waals surface area contributed by atoms with Crippen LogP contribution in [0.5, 0.6) is 11.5 Å². The van der Waals surface area contributed by atoms with E-state index in [0.29, 0.717) is 31.0 Å². The Labute approximate surface area is 153 Å². The Balaban J connectivity index is 0.00000225. The summed E-state index contributed by atoms with van der Waals surface area (Å²) in [4.78, 5) is 12.3. The number of halogens is 1. The predicted octanol–water partition coefficient (Wildman–Crippen LogP) is 3.17. The molecule has 134 valence electrons. The van der Waals surface area contributed by atoms with Gasteiger partial charge in [-0.15, -0.1) is 12.4 Å². The molecule has 3 rings (SSSR count). The lowest BCUT2D eigenvalue weighted by Gasteiger charge is -2.28. The Hall–Kier alpha value is -2.40. The van der Waals surface area contributed by atoms with Crippen molar-refractivity contribution in [2.45, 2.75) is 19.3 Å². The van der Waals surface area contributed by atoms with Crippen molar-refractivity contribution < 1.29 is 14.3 Å². The van der Waals surface area contributed by atoms with Gasteiger partial charge >= 0.3 is 0 Å². The summed E-state index contributed by atoms with van der Waals surface area (Å²) in [5.74, 6) is 1.35. The number of benzene rings is 2. The Morgan fingerprint density at radius 3 is 2.52 bits per heavy atom. The van der Waals surface area contributed by atoms with Crippen LogP contribution in [0.25, 0.3) is 0 Å². The van der Waals surface area contributed by atoms with Crippen LogP contribution in [0.4, 0.5) is 5.69 Å². The first kappa shape index (κ1) is 18.9. The molecule has 0 saturated heterocycles. The van der Waals surface area contributed by atoms with Crippen LogP contribution in [0, 0.1) is 0 Å². The van der Waals surface area contributed by atoms with E-state index in [1.54, 1.807) is 18.2 Å². The van der Waals surface area contributed by atoms with E-state index in [2.05, 4.69) is 19.2 Å². The number of anilines is 1. The summed E-state index contributed by atoms with van der Waals surface area (Å²) >= 11 is 0. The van der Waals surface area contributed by atoms with Gasteiger partial charge in [-0.05, 0) is 29.8 Å². The van der Waals surface area contributed by atoms with Crippen LogP contribution in [0.15, 0.2) is 42.5 Å². The maximum Gasteiger partial charge on any atom is 0.253 e. The highest BCUT2D eigenvalue weighted by atomic mass is 35.5. The number of ether oxygens (including phenoxy) is 2. The molecule has 1 amide bonds. The normalized spacial score (nSPS) is 12.9. The predicted molar refractivity (Wildman–Crippen MR) is 101 cm³/mol. The van der Waals surface area contributed by atoms with Gasteiger partial charge in [-0.2, -0.15) is 0 Å². The molecule has 3 N–H and O–H groups in total. The summed E-state index contributed by atoms with van der Waals surface area (Å²) in [5, 5.41) is 2.97. The van der Waals surface area contributed by atoms with E-state index in [-0.39, 0.29) is 23.7 Å². The summed E-state index contributed by atoms with van der Waals surface area (Å²) < 4.78 is 11.2. The monoisotopic (exact) mass is 362 g/mol. The van der Waals surface area contributed by atoms with Gasteiger partial charge in [0, 0.05) is 17.6 Å². The summed E-state index contributed by atoms with van der Waals surface area (Å²) in [7, 11) is 0. The zero-order valence-corrected chi connectivity index (χ0v) is 15.2. The smallest absolute Gasteiger partial charge is 0.253 e. The average molecular weight is 363 g/mol. The maximum absolute atomic E-state index is 12.3. The molecule has 5 nitrogen and oxygen atoms in total. The molecule has 0 saturated carbocycles. The molecule has 1 aliphatic heterocycles. The van der Waals surface area contributed by atoms with E-state index in [0.717, 1.165) is 17.1 Å². The van der Waals surface area contributed by atoms with Crippen molar-refractivity contribution >= 4 is 24.0 Å². The molecule has 0 unspecified atom stereocenters. The van der Waals surface area contributed by atoms with Crippen LogP contribution in [-0.4, -0.2) is 25.7 Å². The molecule has 0 bridgehead atoms. The molecule has 0 aromatic heterocycles. The summed E-state index contributed by atoms with van der Waals surface area (Å²) in [6, 6.07) is 13.0. The molecule has 0 aliphatic carbocycles. The molecule has 6 heteroatoms. The fourth-order valence-corrected chi connectivity index (χ4v) is 2.67. The molecule has 1 aliphatic rings. The van der Waals surface area contributed by atoms with Crippen LogP contribution in [0.1, 0.15) is 29.8 Å². The summed E-state index contributed by atoms with van der Waals surface area (Å²) in [6.45, 7) is 5.77. The van der Waals surface area contributed by atoms with E-state index >= 15 is 0 Å². The lowest BCUT2D eigenvalue weighted by molar-refractivity contribution is 0.0946. The van der Waals surface area contributed by atoms with Crippen molar-refractivity contribution in [1.82, 2.24) is 5.32 Å². The second kappa shape index (κ2) is 7.66. The lowest BCUT2D eigenvalue weighted by Crippen LogP contribution is -2.37. The molecule has 2 aromatic carbocycles. The Bertz CT molecular complexity index is 762. The molecule has 25 heavy (non-hydrogen) atoms. The number of rotatable bonds is 4. The first-order chi connectivity index (χ1) is 11.5. The van der Waals surface area contributed by atoms with Gasteiger partial charge in [0.1, 0.15) is 13.2 Å². The quantitative estimate of drug-likeness (QED) is 0.819. The highest BCUT2D eigenvalue weighted by Gasteiger charge is 2.24. The SMILES string of the molecule is CC(C)(CNC(=O)c1ccccc1N)c1ccc2c(c1)OCCO2.Cl. The number of amides is 1. The number of nitrogen functional groups attached to an aromatic ring is 1. The summed E-state index contributed by atoms with van der Waals surface area (Å²) in [5.41, 5.74) is 7.65. The minimum atomic E-state index is -0.255. The molecule has 0 spiro atoms. The molecule has 0 radical (unpaired) electrons. The molecule has 2 aromatic rings. The maximum atomic E-state index is 12.3. The standard InChI is InChI=1S/C19H22N2O3.ClH/c1-19(2,12-21-18(22)14-5-3-4-6-15(14)20)13-7-8-16-17(11-13)24-10-9-23-16;/h3-8,11H,9-10,12,20H2,1-2H3,(H,21,22);1H. The lowest BCUT2D eigenvalue weighted by atomic mass is 9.84. The van der Waals surface area contributed by atoms with Crippen molar-refractivity contribution in [3.05, 3.63) is 53.6 Å². The molecular formula is C19H23ClN2O3. The topological polar surface area (TPSA) is 73.6 Å². The largest absolute Gasteiger partial charge is 0.486 e. The zero-order valence-electron chi connectivity index (χ0n) is 14.4. The van der Waals surface area contributed by atoms with Crippen LogP contribution >= 0.6 is 12.4 Å². The first-order valence-electron chi connectivity index (χ1n) is 8.00. The number of carbonyl (C=O) groups excluding carboxylic acids is 1. The van der Waals surface area contributed by atoms with Gasteiger partial charge in [-0.25, -0.2) is 0 Å². The minimum Gasteiger partial charge on any atom is -0.486 e. The second-order valence-electron chi connectivity index (χ2n) is 6.51. The van der Waals surface area contributed by atoms with Crippen molar-refractivity contribution in [1.29, 1.82) is 0 Å². The van der Waals surface area contributed by atoms with E-state index in [4.69, 9.17) is 15.2 Å². The number of hydrogen-bond acceptors (Lipinski definition) is 4. The third kappa shape index (κ3) is 4.17. The van der Waals surface area contributed by atoms with Gasteiger partial charge in [0.15, 0.2) is 11.5 Å². The first-order valence-corrected chi connectivity index (χ1v) is 8.00. The Morgan fingerprint density at radius 2 is 1.80 bits per heavy atom. The third-order valence-corrected chi connectivity index (χ3v) is 4.22. The van der Waals surface area contributed by atoms with E-state index in [9.17, 15) is 4.79 Å². The Morgan fingerprint density at radius 1 is 1.12 bits per heavy atom. The highest BCUT2D eigenvalue weighted by Crippen LogP contribution is 2.34. The summed E-state index contributed by atoms with van der Waals surface area (Å²) in [6.07, 6.45) is 0. The molecule has 0 fully saturated rings. The number of nitrogens with two attached hydrogens (primary N) is 1. The van der Waals surface area contributed by atoms with Crippen molar-refractivity contribution in [2.24, 2.45) is 0 Å². The average Bonchev–Trinajstić information content (AvgIpc) is 2.60. The number of carbonyl (C=O) groups is 1. The van der Waals surface area contributed by atoms with Crippen LogP contribution in [-0.2, 0) is 5.41 Å². The van der Waals surface area contributed by atoms with Gasteiger partial charge in [0.05, 0.1) is 5.56 Å². The zero-order chi connectivity index (χ0) is 17.2. The highest BCUT2D eigenvalue weighted by molar-refractivity contribution is 5.99. The van der Waals surface area contributed by atoms with Gasteiger partial charge in [-0.3, -0.25) is 4.79 Å². The van der Waals surface area contributed by atoms with Crippen LogP contribution < -0.4 is 20.5 Å². The van der Waals surface area contributed by atoms with Crippen LogP contribution in [0.3, 0.4) is 0 Å². The molecular weight excluding hydrogens is 340 g/mol. The van der Waals surface area contributed by atoms with Gasteiger partial charge in [-0.1, -0.05) is 32.0 Å². The van der Waals surface area contributed by atoms with E-state index < -0.39 is 0 Å². The molecule has 1 heterocycles. The number of para-hydroxylation sites is 1. The fraction of sp³-hybridized carbons (Fsp3) is 0.316. The fourth-order valence-electron chi connectivity index (χ4n) is 2.67. The van der Waals surface area contributed by atoms with Crippen molar-refractivity contribution in [2.75, 3.05) is 25.5 Å². The van der Waals surface area contributed by atoms with Crippen molar-refractivity contribution in [3.63, 3.8) is 0 Å². The molecule has 0 atom stereocenters. The van der Waals surface area contributed by atoms with Gasteiger partial charge in [0.2, 0.25) is 0 Å². The van der Waals surface area contributed by atoms with Gasteiger partial charge in [0.25, 0.3) is 5.91 Å². The van der Waals surface area contributed by atoms with Crippen molar-refractivity contribution in [3.8, 4) is 11.5 Å².